The van der Waals surface area contributed by atoms with E-state index in [1.165, 1.54) is 5.69 Å². The molecular weight excluding hydrogens is 420 g/mol. The summed E-state index contributed by atoms with van der Waals surface area (Å²) in [5.41, 5.74) is 2.79. The molecule has 4 atom stereocenters. The van der Waals surface area contributed by atoms with Gasteiger partial charge < -0.3 is 30.1 Å². The van der Waals surface area contributed by atoms with Gasteiger partial charge in [-0.05, 0) is 36.4 Å². The van der Waals surface area contributed by atoms with Crippen LogP contribution in [0.5, 0.6) is 0 Å². The van der Waals surface area contributed by atoms with Crippen LogP contribution in [0, 0.1) is 0 Å². The summed E-state index contributed by atoms with van der Waals surface area (Å²) < 4.78 is 5.96. The van der Waals surface area contributed by atoms with Crippen LogP contribution in [0.4, 0.5) is 11.4 Å². The van der Waals surface area contributed by atoms with Gasteiger partial charge in [0.2, 0.25) is 0 Å². The summed E-state index contributed by atoms with van der Waals surface area (Å²) in [7, 11) is 3.91. The Balaban J connectivity index is 1.37. The first-order valence-corrected chi connectivity index (χ1v) is 11.5. The second kappa shape index (κ2) is 10.5. The predicted octanol–water partition coefficient (Wildman–Crippen LogP) is 0.794. The van der Waals surface area contributed by atoms with Crippen molar-refractivity contribution in [1.82, 2.24) is 10.2 Å². The van der Waals surface area contributed by atoms with E-state index in [1.54, 1.807) is 12.1 Å². The molecule has 0 bridgehead atoms. The maximum Gasteiger partial charge on any atom is 0.251 e. The second-order valence-corrected chi connectivity index (χ2v) is 8.89. The lowest BCUT2D eigenvalue weighted by atomic mass is 10.0. The molecule has 8 heteroatoms. The normalized spacial score (nSPS) is 25.8. The third kappa shape index (κ3) is 5.30. The molecule has 2 aliphatic rings. The molecule has 2 aromatic carbocycles. The zero-order valence-corrected chi connectivity index (χ0v) is 19.3. The minimum atomic E-state index is -0.806. The van der Waals surface area contributed by atoms with Gasteiger partial charge in [0, 0.05) is 63.8 Å². The van der Waals surface area contributed by atoms with Gasteiger partial charge in [-0.25, -0.2) is 0 Å². The largest absolute Gasteiger partial charge is 0.394 e. The monoisotopic (exact) mass is 454 g/mol. The lowest BCUT2D eigenvalue weighted by Gasteiger charge is -2.41. The molecule has 0 spiro atoms. The highest BCUT2D eigenvalue weighted by Gasteiger charge is 2.46. The number of nitrogens with zero attached hydrogens (tertiary/aromatic N) is 3. The lowest BCUT2D eigenvalue weighted by Crippen LogP contribution is -2.57. The molecule has 0 radical (unpaired) electrons. The molecule has 0 saturated carbocycles. The Bertz CT molecular complexity index is 900. The van der Waals surface area contributed by atoms with Gasteiger partial charge in [-0.3, -0.25) is 9.69 Å². The van der Waals surface area contributed by atoms with E-state index in [0.29, 0.717) is 5.56 Å². The average Bonchev–Trinajstić information content (AvgIpc) is 3.18. The molecule has 2 saturated heterocycles. The highest BCUT2D eigenvalue weighted by Crippen LogP contribution is 2.27. The molecular formula is C25H34N4O4. The molecule has 33 heavy (non-hydrogen) atoms. The van der Waals surface area contributed by atoms with Crippen molar-refractivity contribution in [1.29, 1.82) is 0 Å². The van der Waals surface area contributed by atoms with E-state index in [4.69, 9.17) is 4.74 Å². The molecule has 8 nitrogen and oxygen atoms in total. The number of anilines is 2. The summed E-state index contributed by atoms with van der Waals surface area (Å²) in [4.78, 5) is 19.2. The van der Waals surface area contributed by atoms with Crippen molar-refractivity contribution in [3.05, 3.63) is 60.2 Å². The summed E-state index contributed by atoms with van der Waals surface area (Å²) >= 11 is 0. The van der Waals surface area contributed by atoms with Crippen LogP contribution in [0.2, 0.25) is 0 Å². The molecule has 0 aliphatic carbocycles. The quantitative estimate of drug-likeness (QED) is 0.570. The van der Waals surface area contributed by atoms with E-state index in [0.717, 1.165) is 31.9 Å². The van der Waals surface area contributed by atoms with Crippen molar-refractivity contribution in [2.24, 2.45) is 0 Å². The van der Waals surface area contributed by atoms with Crippen molar-refractivity contribution in [3.8, 4) is 0 Å². The van der Waals surface area contributed by atoms with Gasteiger partial charge in [0.15, 0.2) is 0 Å². The smallest absolute Gasteiger partial charge is 0.251 e. The van der Waals surface area contributed by atoms with Crippen molar-refractivity contribution < 1.29 is 19.7 Å². The third-order valence-corrected chi connectivity index (χ3v) is 6.61. The Labute approximate surface area is 195 Å². The van der Waals surface area contributed by atoms with Crippen LogP contribution in [0.25, 0.3) is 0 Å². The Hall–Kier alpha value is -2.65. The minimum absolute atomic E-state index is 0.182. The first kappa shape index (κ1) is 23.5. The Morgan fingerprint density at radius 2 is 1.70 bits per heavy atom. The van der Waals surface area contributed by atoms with Crippen molar-refractivity contribution in [2.75, 3.05) is 63.2 Å². The van der Waals surface area contributed by atoms with Crippen molar-refractivity contribution in [3.63, 3.8) is 0 Å². The molecule has 3 N–H and O–H groups in total. The van der Waals surface area contributed by atoms with Gasteiger partial charge in [-0.15, -0.1) is 0 Å². The summed E-state index contributed by atoms with van der Waals surface area (Å²) in [6, 6.07) is 17.4. The highest BCUT2D eigenvalue weighted by molar-refractivity contribution is 5.94. The SMILES string of the molecule is CN(C)c1ccc(C(=O)NCC2OC(CO)C(O)C2N2CCN(c3ccccc3)CC2)cc1. The summed E-state index contributed by atoms with van der Waals surface area (Å²) in [6.45, 7) is 3.25. The molecule has 2 heterocycles. The number of carbonyl (C=O) groups is 1. The summed E-state index contributed by atoms with van der Waals surface area (Å²) in [6.07, 6.45) is -1.85. The van der Waals surface area contributed by atoms with Crippen LogP contribution in [-0.4, -0.2) is 98.8 Å². The van der Waals surface area contributed by atoms with Crippen molar-refractivity contribution >= 4 is 17.3 Å². The molecule has 1 amide bonds. The Kier molecular flexibility index (Phi) is 7.49. The van der Waals surface area contributed by atoms with Crippen LogP contribution in [0.1, 0.15) is 10.4 Å². The number of para-hydroxylation sites is 1. The summed E-state index contributed by atoms with van der Waals surface area (Å²) in [5.74, 6) is -0.182. The number of rotatable bonds is 7. The number of benzene rings is 2. The van der Waals surface area contributed by atoms with Gasteiger partial charge in [-0.1, -0.05) is 18.2 Å². The number of hydrogen-bond donors (Lipinski definition) is 3. The van der Waals surface area contributed by atoms with E-state index >= 15 is 0 Å². The van der Waals surface area contributed by atoms with Gasteiger partial charge in [0.25, 0.3) is 5.91 Å². The zero-order valence-electron chi connectivity index (χ0n) is 19.3. The number of piperazine rings is 1. The number of ether oxygens (including phenoxy) is 1. The number of aliphatic hydroxyl groups is 2. The van der Waals surface area contributed by atoms with Gasteiger partial charge >= 0.3 is 0 Å². The fraction of sp³-hybridized carbons (Fsp3) is 0.480. The molecule has 178 valence electrons. The molecule has 2 aliphatic heterocycles. The van der Waals surface area contributed by atoms with E-state index in [9.17, 15) is 15.0 Å². The van der Waals surface area contributed by atoms with Gasteiger partial charge in [0.1, 0.15) is 12.2 Å². The first-order valence-electron chi connectivity index (χ1n) is 11.5. The predicted molar refractivity (Wildman–Crippen MR) is 129 cm³/mol. The van der Waals surface area contributed by atoms with Crippen molar-refractivity contribution in [2.45, 2.75) is 24.4 Å². The average molecular weight is 455 g/mol. The van der Waals surface area contributed by atoms with Crippen LogP contribution >= 0.6 is 0 Å². The fourth-order valence-electron chi connectivity index (χ4n) is 4.72. The Morgan fingerprint density at radius 1 is 1.03 bits per heavy atom. The fourth-order valence-corrected chi connectivity index (χ4v) is 4.72. The van der Waals surface area contributed by atoms with E-state index in [2.05, 4.69) is 27.2 Å². The maximum absolute atomic E-state index is 12.7. The molecule has 4 rings (SSSR count). The third-order valence-electron chi connectivity index (χ3n) is 6.61. The molecule has 4 unspecified atom stereocenters. The first-order chi connectivity index (χ1) is 16.0. The van der Waals surface area contributed by atoms with Crippen LogP contribution < -0.4 is 15.1 Å². The van der Waals surface area contributed by atoms with Crippen LogP contribution in [-0.2, 0) is 4.74 Å². The van der Waals surface area contributed by atoms with E-state index < -0.39 is 18.3 Å². The van der Waals surface area contributed by atoms with Gasteiger partial charge in [0.05, 0.1) is 18.8 Å². The molecule has 2 aromatic rings. The van der Waals surface area contributed by atoms with Crippen LogP contribution in [0.15, 0.2) is 54.6 Å². The summed E-state index contributed by atoms with van der Waals surface area (Å²) in [5, 5.41) is 23.5. The second-order valence-electron chi connectivity index (χ2n) is 8.89. The van der Waals surface area contributed by atoms with Gasteiger partial charge in [-0.2, -0.15) is 0 Å². The number of aliphatic hydroxyl groups excluding tert-OH is 2. The maximum atomic E-state index is 12.7. The zero-order chi connectivity index (χ0) is 23.4. The van der Waals surface area contributed by atoms with E-state index in [-0.39, 0.29) is 25.1 Å². The molecule has 0 aromatic heterocycles. The minimum Gasteiger partial charge on any atom is -0.394 e. The topological polar surface area (TPSA) is 88.5 Å². The number of hydrogen-bond acceptors (Lipinski definition) is 7. The van der Waals surface area contributed by atoms with Crippen LogP contribution in [0.3, 0.4) is 0 Å². The number of carbonyl (C=O) groups excluding carboxylic acids is 1. The number of amides is 1. The standard InChI is InChI=1S/C25H34N4O4/c1-27(2)19-10-8-18(9-11-19)25(32)26-16-21-23(24(31)22(17-30)33-21)29-14-12-28(13-15-29)20-6-4-3-5-7-20/h3-11,21-24,30-31H,12-17H2,1-2H3,(H,26,32). The molecule has 2 fully saturated rings. The Morgan fingerprint density at radius 3 is 2.30 bits per heavy atom. The number of nitrogens with one attached hydrogen (secondary N) is 1. The highest BCUT2D eigenvalue weighted by atomic mass is 16.5. The lowest BCUT2D eigenvalue weighted by molar-refractivity contribution is -0.0209. The van der Waals surface area contributed by atoms with E-state index in [1.807, 2.05) is 49.3 Å².